The lowest BCUT2D eigenvalue weighted by atomic mass is 10.2. The quantitative estimate of drug-likeness (QED) is 0.788. The molecule has 0 aliphatic heterocycles. The zero-order chi connectivity index (χ0) is 13.7. The number of carbonyl (C=O) groups excluding carboxylic acids is 1. The first kappa shape index (κ1) is 13.7. The van der Waals surface area contributed by atoms with Crippen molar-refractivity contribution in [3.05, 3.63) is 40.1 Å². The summed E-state index contributed by atoms with van der Waals surface area (Å²) in [7, 11) is 0. The first-order valence-corrected chi connectivity index (χ1v) is 6.67. The topological polar surface area (TPSA) is 69.9 Å². The lowest BCUT2D eigenvalue weighted by Gasteiger charge is -2.05. The van der Waals surface area contributed by atoms with Gasteiger partial charge >= 0.3 is 5.97 Å². The fourth-order valence-electron chi connectivity index (χ4n) is 1.51. The SMILES string of the molecule is CCCn1nnnc1COC(=O)c1ccc(Br)cc1. The predicted molar refractivity (Wildman–Crippen MR) is 71.4 cm³/mol. The van der Waals surface area contributed by atoms with Crippen LogP contribution in [0.2, 0.25) is 0 Å². The van der Waals surface area contributed by atoms with E-state index in [2.05, 4.69) is 31.5 Å². The molecule has 7 heteroatoms. The Balaban J connectivity index is 1.96. The number of carbonyl (C=O) groups is 1. The summed E-state index contributed by atoms with van der Waals surface area (Å²) < 4.78 is 7.73. The van der Waals surface area contributed by atoms with Gasteiger partial charge < -0.3 is 4.74 Å². The van der Waals surface area contributed by atoms with E-state index >= 15 is 0 Å². The van der Waals surface area contributed by atoms with Gasteiger partial charge in [0.15, 0.2) is 12.4 Å². The van der Waals surface area contributed by atoms with Gasteiger partial charge in [-0.3, -0.25) is 0 Å². The number of halogens is 1. The average Bonchev–Trinajstić information content (AvgIpc) is 2.85. The maximum Gasteiger partial charge on any atom is 0.338 e. The van der Waals surface area contributed by atoms with Crippen molar-refractivity contribution in [3.8, 4) is 0 Å². The highest BCUT2D eigenvalue weighted by Crippen LogP contribution is 2.11. The average molecular weight is 325 g/mol. The van der Waals surface area contributed by atoms with Gasteiger partial charge in [0, 0.05) is 11.0 Å². The van der Waals surface area contributed by atoms with Gasteiger partial charge in [-0.15, -0.1) is 5.10 Å². The van der Waals surface area contributed by atoms with Crippen molar-refractivity contribution in [2.75, 3.05) is 0 Å². The summed E-state index contributed by atoms with van der Waals surface area (Å²) >= 11 is 3.31. The summed E-state index contributed by atoms with van der Waals surface area (Å²) in [5.74, 6) is 0.158. The van der Waals surface area contributed by atoms with Gasteiger partial charge in [0.1, 0.15) is 0 Å². The summed E-state index contributed by atoms with van der Waals surface area (Å²) in [4.78, 5) is 11.8. The van der Waals surface area contributed by atoms with Crippen LogP contribution in [0.5, 0.6) is 0 Å². The molecule has 0 saturated carbocycles. The molecule has 0 N–H and O–H groups in total. The number of ether oxygens (including phenoxy) is 1. The summed E-state index contributed by atoms with van der Waals surface area (Å²) in [6.07, 6.45) is 0.915. The highest BCUT2D eigenvalue weighted by molar-refractivity contribution is 9.10. The Bertz CT molecular complexity index is 553. The van der Waals surface area contributed by atoms with E-state index in [-0.39, 0.29) is 6.61 Å². The van der Waals surface area contributed by atoms with E-state index < -0.39 is 5.97 Å². The van der Waals surface area contributed by atoms with E-state index in [0.29, 0.717) is 17.9 Å². The number of rotatable bonds is 5. The number of aryl methyl sites for hydroxylation is 1. The minimum Gasteiger partial charge on any atom is -0.454 e. The Kier molecular flexibility index (Phi) is 4.62. The number of esters is 1. The molecule has 0 aliphatic carbocycles. The van der Waals surface area contributed by atoms with Gasteiger partial charge in [0.25, 0.3) is 0 Å². The zero-order valence-corrected chi connectivity index (χ0v) is 12.0. The standard InChI is InChI=1S/C12H13BrN4O2/c1-2-7-17-11(14-15-16-17)8-19-12(18)9-3-5-10(13)6-4-9/h3-6H,2,7-8H2,1H3. The van der Waals surface area contributed by atoms with Crippen LogP contribution in [-0.2, 0) is 17.9 Å². The van der Waals surface area contributed by atoms with Gasteiger partial charge in [0.2, 0.25) is 0 Å². The Labute approximate surface area is 118 Å². The second-order valence-electron chi connectivity index (χ2n) is 3.90. The van der Waals surface area contributed by atoms with E-state index in [4.69, 9.17) is 4.74 Å². The van der Waals surface area contributed by atoms with Crippen molar-refractivity contribution in [2.45, 2.75) is 26.5 Å². The lowest BCUT2D eigenvalue weighted by Crippen LogP contribution is -2.11. The molecule has 1 heterocycles. The molecule has 1 aromatic carbocycles. The van der Waals surface area contributed by atoms with Crippen LogP contribution in [0.3, 0.4) is 0 Å². The molecule has 0 spiro atoms. The number of aromatic nitrogens is 4. The van der Waals surface area contributed by atoms with Crippen LogP contribution in [-0.4, -0.2) is 26.2 Å². The first-order valence-electron chi connectivity index (χ1n) is 5.88. The molecule has 6 nitrogen and oxygen atoms in total. The first-order chi connectivity index (χ1) is 9.20. The second kappa shape index (κ2) is 6.42. The van der Waals surface area contributed by atoms with Crippen LogP contribution >= 0.6 is 15.9 Å². The third-order valence-corrected chi connectivity index (χ3v) is 2.98. The molecular formula is C12H13BrN4O2. The highest BCUT2D eigenvalue weighted by Gasteiger charge is 2.11. The molecule has 100 valence electrons. The molecule has 2 rings (SSSR count). The fourth-order valence-corrected chi connectivity index (χ4v) is 1.78. The van der Waals surface area contributed by atoms with Crippen LogP contribution in [0.25, 0.3) is 0 Å². The maximum absolute atomic E-state index is 11.8. The van der Waals surface area contributed by atoms with Crippen molar-refractivity contribution in [1.29, 1.82) is 0 Å². The molecule has 0 unspecified atom stereocenters. The minimum absolute atomic E-state index is 0.0713. The van der Waals surface area contributed by atoms with Crippen molar-refractivity contribution in [2.24, 2.45) is 0 Å². The molecule has 1 aromatic heterocycles. The molecule has 0 radical (unpaired) electrons. The number of benzene rings is 1. The van der Waals surface area contributed by atoms with Crippen molar-refractivity contribution in [3.63, 3.8) is 0 Å². The summed E-state index contributed by atoms with van der Waals surface area (Å²) in [6.45, 7) is 2.80. The monoisotopic (exact) mass is 324 g/mol. The van der Waals surface area contributed by atoms with E-state index in [1.165, 1.54) is 0 Å². The summed E-state index contributed by atoms with van der Waals surface area (Å²) in [5.41, 5.74) is 0.498. The largest absolute Gasteiger partial charge is 0.454 e. The van der Waals surface area contributed by atoms with Crippen LogP contribution in [0, 0.1) is 0 Å². The van der Waals surface area contributed by atoms with E-state index in [0.717, 1.165) is 10.9 Å². The number of hydrogen-bond donors (Lipinski definition) is 0. The molecule has 19 heavy (non-hydrogen) atoms. The fraction of sp³-hybridized carbons (Fsp3) is 0.333. The predicted octanol–water partition coefficient (Wildman–Crippen LogP) is 2.20. The zero-order valence-electron chi connectivity index (χ0n) is 10.4. The Morgan fingerprint density at radius 2 is 2.11 bits per heavy atom. The highest BCUT2D eigenvalue weighted by atomic mass is 79.9. The molecular weight excluding hydrogens is 312 g/mol. The normalized spacial score (nSPS) is 10.4. The smallest absolute Gasteiger partial charge is 0.338 e. The van der Waals surface area contributed by atoms with Crippen molar-refractivity contribution in [1.82, 2.24) is 20.2 Å². The van der Waals surface area contributed by atoms with E-state index in [1.807, 2.05) is 6.92 Å². The lowest BCUT2D eigenvalue weighted by molar-refractivity contribution is 0.0456. The van der Waals surface area contributed by atoms with Crippen LogP contribution in [0.4, 0.5) is 0 Å². The van der Waals surface area contributed by atoms with Crippen LogP contribution in [0.15, 0.2) is 28.7 Å². The second-order valence-corrected chi connectivity index (χ2v) is 4.82. The Hall–Kier alpha value is -1.76. The molecule has 0 atom stereocenters. The number of tetrazole rings is 1. The molecule has 0 amide bonds. The molecule has 0 fully saturated rings. The van der Waals surface area contributed by atoms with E-state index in [1.54, 1.807) is 28.9 Å². The van der Waals surface area contributed by atoms with Crippen LogP contribution in [0.1, 0.15) is 29.5 Å². The van der Waals surface area contributed by atoms with Gasteiger partial charge in [-0.1, -0.05) is 22.9 Å². The summed E-state index contributed by atoms with van der Waals surface area (Å²) in [6, 6.07) is 6.97. The van der Waals surface area contributed by atoms with Crippen LogP contribution < -0.4 is 0 Å². The summed E-state index contributed by atoms with van der Waals surface area (Å²) in [5, 5.41) is 11.2. The Morgan fingerprint density at radius 3 is 2.79 bits per heavy atom. The van der Waals surface area contributed by atoms with Crippen molar-refractivity contribution >= 4 is 21.9 Å². The third kappa shape index (κ3) is 3.60. The number of hydrogen-bond acceptors (Lipinski definition) is 5. The molecule has 2 aromatic rings. The minimum atomic E-state index is -0.390. The van der Waals surface area contributed by atoms with Gasteiger partial charge in [-0.2, -0.15) is 0 Å². The number of nitrogens with zero attached hydrogens (tertiary/aromatic N) is 4. The van der Waals surface area contributed by atoms with Gasteiger partial charge in [-0.05, 0) is 41.1 Å². The Morgan fingerprint density at radius 1 is 1.37 bits per heavy atom. The third-order valence-electron chi connectivity index (χ3n) is 2.45. The van der Waals surface area contributed by atoms with Crippen molar-refractivity contribution < 1.29 is 9.53 Å². The molecule has 0 saturated heterocycles. The van der Waals surface area contributed by atoms with Gasteiger partial charge in [0.05, 0.1) is 5.56 Å². The molecule has 0 aliphatic rings. The maximum atomic E-state index is 11.8. The van der Waals surface area contributed by atoms with Gasteiger partial charge in [-0.25, -0.2) is 9.48 Å². The van der Waals surface area contributed by atoms with E-state index in [9.17, 15) is 4.79 Å². The molecule has 0 bridgehead atoms.